The third-order valence-corrected chi connectivity index (χ3v) is 3.36. The van der Waals surface area contributed by atoms with E-state index in [-0.39, 0.29) is 6.29 Å². The van der Waals surface area contributed by atoms with Crippen molar-refractivity contribution in [2.24, 2.45) is 5.92 Å². The number of ether oxygens (including phenoxy) is 2. The van der Waals surface area contributed by atoms with Crippen molar-refractivity contribution >= 4 is 0 Å². The number of hydrogen-bond acceptors (Lipinski definition) is 2. The molecular formula is C12H20O2. The molecule has 2 aliphatic rings. The summed E-state index contributed by atoms with van der Waals surface area (Å²) in [6.45, 7) is 4.19. The average Bonchev–Trinajstić information content (AvgIpc) is 2.18. The minimum Gasteiger partial charge on any atom is -0.346 e. The third-order valence-electron chi connectivity index (χ3n) is 3.36. The van der Waals surface area contributed by atoms with Crippen LogP contribution in [0.5, 0.6) is 0 Å². The quantitative estimate of drug-likeness (QED) is 0.600. The van der Waals surface area contributed by atoms with Crippen LogP contribution in [0.3, 0.4) is 0 Å². The van der Waals surface area contributed by atoms with Crippen LogP contribution in [0.1, 0.15) is 39.5 Å². The van der Waals surface area contributed by atoms with Gasteiger partial charge in [-0.2, -0.15) is 0 Å². The molecule has 2 nitrogen and oxygen atoms in total. The van der Waals surface area contributed by atoms with Gasteiger partial charge in [-0.15, -0.1) is 0 Å². The summed E-state index contributed by atoms with van der Waals surface area (Å²) in [6.07, 6.45) is 9.84. The van der Waals surface area contributed by atoms with Gasteiger partial charge in [-0.3, -0.25) is 0 Å². The van der Waals surface area contributed by atoms with Gasteiger partial charge in [0.25, 0.3) is 0 Å². The molecule has 14 heavy (non-hydrogen) atoms. The molecule has 0 radical (unpaired) electrons. The summed E-state index contributed by atoms with van der Waals surface area (Å²) in [4.78, 5) is 0. The van der Waals surface area contributed by atoms with Gasteiger partial charge in [0.1, 0.15) is 0 Å². The van der Waals surface area contributed by atoms with Crippen molar-refractivity contribution in [2.75, 3.05) is 0 Å². The van der Waals surface area contributed by atoms with Gasteiger partial charge in [-0.1, -0.05) is 18.9 Å². The maximum absolute atomic E-state index is 5.89. The molecule has 1 aliphatic heterocycles. The topological polar surface area (TPSA) is 18.5 Å². The molecule has 0 aromatic carbocycles. The maximum Gasteiger partial charge on any atom is 0.177 e. The summed E-state index contributed by atoms with van der Waals surface area (Å²) in [5, 5.41) is 0. The predicted molar refractivity (Wildman–Crippen MR) is 56.0 cm³/mol. The molecule has 0 amide bonds. The fraction of sp³-hybridized carbons (Fsp3) is 0.833. The first kappa shape index (κ1) is 10.2. The van der Waals surface area contributed by atoms with Gasteiger partial charge in [0, 0.05) is 5.92 Å². The highest BCUT2D eigenvalue weighted by atomic mass is 16.7. The van der Waals surface area contributed by atoms with E-state index in [1.54, 1.807) is 0 Å². The van der Waals surface area contributed by atoms with Crippen LogP contribution in [0.2, 0.25) is 0 Å². The fourth-order valence-electron chi connectivity index (χ4n) is 2.60. The minimum atomic E-state index is -0.102. The lowest BCUT2D eigenvalue weighted by Gasteiger charge is -2.42. The second-order valence-corrected chi connectivity index (χ2v) is 4.36. The van der Waals surface area contributed by atoms with Crippen LogP contribution >= 0.6 is 0 Å². The number of fused-ring (bicyclic) bond motifs is 1. The van der Waals surface area contributed by atoms with Crippen LogP contribution in [0.4, 0.5) is 0 Å². The molecule has 0 spiro atoms. The Morgan fingerprint density at radius 1 is 1.14 bits per heavy atom. The molecular weight excluding hydrogens is 176 g/mol. The first-order valence-corrected chi connectivity index (χ1v) is 5.75. The lowest BCUT2D eigenvalue weighted by Crippen LogP contribution is -2.45. The normalized spacial score (nSPS) is 43.9. The smallest absolute Gasteiger partial charge is 0.177 e. The summed E-state index contributed by atoms with van der Waals surface area (Å²) in [5.74, 6) is 0.630. The van der Waals surface area contributed by atoms with E-state index >= 15 is 0 Å². The van der Waals surface area contributed by atoms with Gasteiger partial charge in [0.05, 0.1) is 12.2 Å². The molecule has 2 fully saturated rings. The molecule has 4 atom stereocenters. The molecule has 0 N–H and O–H groups in total. The van der Waals surface area contributed by atoms with Gasteiger partial charge in [-0.05, 0) is 32.8 Å². The van der Waals surface area contributed by atoms with Crippen LogP contribution in [-0.2, 0) is 9.47 Å². The van der Waals surface area contributed by atoms with E-state index in [9.17, 15) is 0 Å². The highest BCUT2D eigenvalue weighted by Crippen LogP contribution is 2.35. The standard InChI is InChI=1S/C12H20O2/c1-3-6-12-13-9(2)10-7-4-5-8-11(10)14-12/h3,6,9-12H,4-5,7-8H2,1-2H3. The largest absolute Gasteiger partial charge is 0.346 e. The van der Waals surface area contributed by atoms with Gasteiger partial charge < -0.3 is 9.47 Å². The zero-order chi connectivity index (χ0) is 9.97. The Labute approximate surface area is 86.3 Å². The molecule has 2 heteroatoms. The van der Waals surface area contributed by atoms with Crippen molar-refractivity contribution in [3.63, 3.8) is 0 Å². The van der Waals surface area contributed by atoms with E-state index in [0.29, 0.717) is 18.1 Å². The minimum absolute atomic E-state index is 0.102. The molecule has 2 rings (SSSR count). The molecule has 0 aromatic heterocycles. The highest BCUT2D eigenvalue weighted by molar-refractivity contribution is 4.90. The zero-order valence-corrected chi connectivity index (χ0v) is 9.11. The predicted octanol–water partition coefficient (Wildman–Crippen LogP) is 2.88. The van der Waals surface area contributed by atoms with Crippen LogP contribution in [0.25, 0.3) is 0 Å². The van der Waals surface area contributed by atoms with E-state index in [4.69, 9.17) is 9.47 Å². The Morgan fingerprint density at radius 3 is 2.71 bits per heavy atom. The van der Waals surface area contributed by atoms with Crippen molar-refractivity contribution in [1.29, 1.82) is 0 Å². The second kappa shape index (κ2) is 4.45. The SMILES string of the molecule is CC=CC1OC(C)C2CCCCC2O1. The summed E-state index contributed by atoms with van der Waals surface area (Å²) in [5.41, 5.74) is 0. The Morgan fingerprint density at radius 2 is 1.93 bits per heavy atom. The Hall–Kier alpha value is -0.340. The van der Waals surface area contributed by atoms with E-state index in [0.717, 1.165) is 0 Å². The molecule has 1 saturated heterocycles. The summed E-state index contributed by atoms with van der Waals surface area (Å²) < 4.78 is 11.7. The van der Waals surface area contributed by atoms with Gasteiger partial charge in [-0.25, -0.2) is 0 Å². The van der Waals surface area contributed by atoms with E-state index in [1.165, 1.54) is 25.7 Å². The van der Waals surface area contributed by atoms with Gasteiger partial charge >= 0.3 is 0 Å². The maximum atomic E-state index is 5.89. The molecule has 4 unspecified atom stereocenters. The van der Waals surface area contributed by atoms with Crippen molar-refractivity contribution in [1.82, 2.24) is 0 Å². The molecule has 0 aromatic rings. The number of rotatable bonds is 1. The zero-order valence-electron chi connectivity index (χ0n) is 9.11. The monoisotopic (exact) mass is 196 g/mol. The third kappa shape index (κ3) is 2.01. The average molecular weight is 196 g/mol. The van der Waals surface area contributed by atoms with Crippen LogP contribution < -0.4 is 0 Å². The highest BCUT2D eigenvalue weighted by Gasteiger charge is 2.37. The summed E-state index contributed by atoms with van der Waals surface area (Å²) >= 11 is 0. The first-order valence-electron chi connectivity index (χ1n) is 5.75. The number of allylic oxidation sites excluding steroid dienone is 1. The Kier molecular flexibility index (Phi) is 3.24. The summed E-state index contributed by atoms with van der Waals surface area (Å²) in [6, 6.07) is 0. The van der Waals surface area contributed by atoms with Crippen molar-refractivity contribution in [3.05, 3.63) is 12.2 Å². The Bertz CT molecular complexity index is 212. The van der Waals surface area contributed by atoms with Gasteiger partial charge in [0.2, 0.25) is 0 Å². The molecule has 1 heterocycles. The number of hydrogen-bond donors (Lipinski definition) is 0. The molecule has 0 bridgehead atoms. The summed E-state index contributed by atoms with van der Waals surface area (Å²) in [7, 11) is 0. The van der Waals surface area contributed by atoms with Crippen molar-refractivity contribution < 1.29 is 9.47 Å². The van der Waals surface area contributed by atoms with Crippen molar-refractivity contribution in [2.45, 2.75) is 58.0 Å². The van der Waals surface area contributed by atoms with E-state index in [2.05, 4.69) is 6.92 Å². The van der Waals surface area contributed by atoms with Crippen LogP contribution in [-0.4, -0.2) is 18.5 Å². The molecule has 80 valence electrons. The van der Waals surface area contributed by atoms with E-state index in [1.807, 2.05) is 19.1 Å². The van der Waals surface area contributed by atoms with E-state index < -0.39 is 0 Å². The van der Waals surface area contributed by atoms with Gasteiger partial charge in [0.15, 0.2) is 6.29 Å². The lowest BCUT2D eigenvalue weighted by atomic mass is 9.82. The first-order chi connectivity index (χ1) is 6.81. The second-order valence-electron chi connectivity index (χ2n) is 4.36. The molecule has 1 aliphatic carbocycles. The Balaban J connectivity index is 2.00. The fourth-order valence-corrected chi connectivity index (χ4v) is 2.60. The van der Waals surface area contributed by atoms with Crippen molar-refractivity contribution in [3.8, 4) is 0 Å². The molecule has 1 saturated carbocycles. The van der Waals surface area contributed by atoms with Crippen LogP contribution in [0.15, 0.2) is 12.2 Å². The lowest BCUT2D eigenvalue weighted by molar-refractivity contribution is -0.250. The van der Waals surface area contributed by atoms with Crippen LogP contribution in [0, 0.1) is 5.92 Å².